The number of hydrogen-bond acceptors (Lipinski definition) is 7. The average molecular weight is 498 g/mol. The summed E-state index contributed by atoms with van der Waals surface area (Å²) >= 11 is 0. The fourth-order valence-electron chi connectivity index (χ4n) is 3.49. The van der Waals surface area contributed by atoms with Crippen LogP contribution in [0.3, 0.4) is 0 Å². The van der Waals surface area contributed by atoms with Gasteiger partial charge in [0.25, 0.3) is 11.6 Å². The Bertz CT molecular complexity index is 1480. The fourth-order valence-corrected chi connectivity index (χ4v) is 3.49. The summed E-state index contributed by atoms with van der Waals surface area (Å²) in [6.45, 7) is 1.70. The first-order valence-corrected chi connectivity index (χ1v) is 11.1. The molecule has 0 radical (unpaired) electrons. The van der Waals surface area contributed by atoms with Crippen molar-refractivity contribution in [3.63, 3.8) is 0 Å². The highest BCUT2D eigenvalue weighted by Gasteiger charge is 2.22. The summed E-state index contributed by atoms with van der Waals surface area (Å²) in [5.74, 6) is -0.973. The third kappa shape index (κ3) is 5.70. The Hall–Kier alpha value is -5.25. The summed E-state index contributed by atoms with van der Waals surface area (Å²) in [6, 6.07) is 21.1. The number of nitro groups is 1. The van der Waals surface area contributed by atoms with E-state index in [1.54, 1.807) is 31.2 Å². The normalized spacial score (nSPS) is 11.0. The number of esters is 1. The molecule has 4 aromatic rings. The number of nitro benzene ring substituents is 1. The summed E-state index contributed by atoms with van der Waals surface area (Å²) in [5.41, 5.74) is 4.44. The molecule has 0 aliphatic carbocycles. The predicted molar refractivity (Wildman–Crippen MR) is 136 cm³/mol. The Morgan fingerprint density at radius 3 is 2.27 bits per heavy atom. The SMILES string of the molecule is COc1cc(/C(C)=N/NC(=O)c2ccc(-n3cccc3)cc2)ccc1OC(=O)c1ccccc1[N+](=O)[O-]. The van der Waals surface area contributed by atoms with Crippen molar-refractivity contribution in [3.8, 4) is 17.2 Å². The predicted octanol–water partition coefficient (Wildman–Crippen LogP) is 4.77. The number of amides is 1. The first-order chi connectivity index (χ1) is 17.9. The van der Waals surface area contributed by atoms with Crippen molar-refractivity contribution in [3.05, 3.63) is 118 Å². The van der Waals surface area contributed by atoms with Crippen LogP contribution in [0.15, 0.2) is 96.4 Å². The molecule has 0 aliphatic rings. The van der Waals surface area contributed by atoms with Gasteiger partial charge in [0.15, 0.2) is 11.5 Å². The monoisotopic (exact) mass is 498 g/mol. The second-order valence-corrected chi connectivity index (χ2v) is 7.80. The van der Waals surface area contributed by atoms with Gasteiger partial charge in [-0.3, -0.25) is 14.9 Å². The average Bonchev–Trinajstić information content (AvgIpc) is 3.47. The highest BCUT2D eigenvalue weighted by Crippen LogP contribution is 2.30. The van der Waals surface area contributed by atoms with Crippen LogP contribution in [0.4, 0.5) is 5.69 Å². The zero-order valence-corrected chi connectivity index (χ0v) is 20.0. The van der Waals surface area contributed by atoms with Crippen molar-refractivity contribution in [1.29, 1.82) is 0 Å². The van der Waals surface area contributed by atoms with Crippen LogP contribution in [0.1, 0.15) is 33.2 Å². The van der Waals surface area contributed by atoms with Gasteiger partial charge in [0.1, 0.15) is 5.56 Å². The maximum Gasteiger partial charge on any atom is 0.350 e. The van der Waals surface area contributed by atoms with E-state index in [2.05, 4.69) is 10.5 Å². The molecule has 4 rings (SSSR count). The van der Waals surface area contributed by atoms with Gasteiger partial charge in [0.2, 0.25) is 0 Å². The molecule has 0 aliphatic heterocycles. The molecule has 0 saturated heterocycles. The van der Waals surface area contributed by atoms with E-state index in [4.69, 9.17) is 9.47 Å². The number of hydrogen-bond donors (Lipinski definition) is 1. The smallest absolute Gasteiger partial charge is 0.350 e. The van der Waals surface area contributed by atoms with Crippen molar-refractivity contribution in [2.45, 2.75) is 6.92 Å². The van der Waals surface area contributed by atoms with Gasteiger partial charge in [-0.2, -0.15) is 5.10 Å². The zero-order valence-electron chi connectivity index (χ0n) is 20.0. The van der Waals surface area contributed by atoms with Crippen molar-refractivity contribution in [1.82, 2.24) is 9.99 Å². The first-order valence-electron chi connectivity index (χ1n) is 11.1. The van der Waals surface area contributed by atoms with Gasteiger partial charge in [-0.1, -0.05) is 12.1 Å². The largest absolute Gasteiger partial charge is 0.493 e. The van der Waals surface area contributed by atoms with Gasteiger partial charge < -0.3 is 14.0 Å². The van der Waals surface area contributed by atoms with E-state index in [1.165, 1.54) is 37.4 Å². The number of benzene rings is 3. The number of nitrogens with zero attached hydrogens (tertiary/aromatic N) is 3. The van der Waals surface area contributed by atoms with Gasteiger partial charge in [-0.15, -0.1) is 0 Å². The molecule has 3 aromatic carbocycles. The summed E-state index contributed by atoms with van der Waals surface area (Å²) in [5, 5.41) is 15.4. The van der Waals surface area contributed by atoms with E-state index in [0.29, 0.717) is 16.8 Å². The maximum absolute atomic E-state index is 12.6. The lowest BCUT2D eigenvalue weighted by Crippen LogP contribution is -2.19. The third-order valence-electron chi connectivity index (χ3n) is 5.46. The molecule has 10 heteroatoms. The summed E-state index contributed by atoms with van der Waals surface area (Å²) in [6.07, 6.45) is 3.82. The molecular weight excluding hydrogens is 476 g/mol. The minimum absolute atomic E-state index is 0.0778. The third-order valence-corrected chi connectivity index (χ3v) is 5.46. The molecular formula is C27H22N4O6. The molecule has 37 heavy (non-hydrogen) atoms. The van der Waals surface area contributed by atoms with Gasteiger partial charge in [-0.05, 0) is 67.6 Å². The van der Waals surface area contributed by atoms with Crippen LogP contribution in [0.25, 0.3) is 5.69 Å². The van der Waals surface area contributed by atoms with E-state index in [-0.39, 0.29) is 28.7 Å². The molecule has 0 spiro atoms. The van der Waals surface area contributed by atoms with Gasteiger partial charge in [0, 0.05) is 35.3 Å². The lowest BCUT2D eigenvalue weighted by atomic mass is 10.1. The van der Waals surface area contributed by atoms with Crippen LogP contribution < -0.4 is 14.9 Å². The number of rotatable bonds is 8. The van der Waals surface area contributed by atoms with E-state index in [1.807, 2.05) is 41.2 Å². The second kappa shape index (κ2) is 11.0. The molecule has 10 nitrogen and oxygen atoms in total. The number of ether oxygens (including phenoxy) is 2. The number of aromatic nitrogens is 1. The van der Waals surface area contributed by atoms with Crippen LogP contribution in [-0.4, -0.2) is 34.2 Å². The molecule has 0 atom stereocenters. The Morgan fingerprint density at radius 1 is 0.919 bits per heavy atom. The molecule has 1 heterocycles. The van der Waals surface area contributed by atoms with Gasteiger partial charge >= 0.3 is 5.97 Å². The molecule has 0 fully saturated rings. The van der Waals surface area contributed by atoms with Gasteiger partial charge in [0.05, 0.1) is 17.7 Å². The quantitative estimate of drug-likeness (QED) is 0.123. The number of methoxy groups -OCH3 is 1. The van der Waals surface area contributed by atoms with Crippen molar-refractivity contribution < 1.29 is 24.0 Å². The number of carbonyl (C=O) groups is 2. The molecule has 186 valence electrons. The van der Waals surface area contributed by atoms with Crippen LogP contribution in [0, 0.1) is 10.1 Å². The second-order valence-electron chi connectivity index (χ2n) is 7.80. The Balaban J connectivity index is 1.46. The molecule has 1 amide bonds. The van der Waals surface area contributed by atoms with E-state index >= 15 is 0 Å². The van der Waals surface area contributed by atoms with Crippen molar-refractivity contribution in [2.75, 3.05) is 7.11 Å². The first kappa shape index (κ1) is 24.9. The summed E-state index contributed by atoms with van der Waals surface area (Å²) < 4.78 is 12.6. The topological polar surface area (TPSA) is 125 Å². The maximum atomic E-state index is 12.6. The molecule has 0 saturated carbocycles. The van der Waals surface area contributed by atoms with Crippen LogP contribution in [-0.2, 0) is 0 Å². The van der Waals surface area contributed by atoms with Crippen LogP contribution in [0.2, 0.25) is 0 Å². The van der Waals surface area contributed by atoms with Crippen molar-refractivity contribution in [2.24, 2.45) is 5.10 Å². The Kier molecular flexibility index (Phi) is 7.39. The van der Waals surface area contributed by atoms with E-state index < -0.39 is 10.9 Å². The molecule has 1 N–H and O–H groups in total. The Morgan fingerprint density at radius 2 is 1.59 bits per heavy atom. The zero-order chi connectivity index (χ0) is 26.4. The van der Waals surface area contributed by atoms with Crippen LogP contribution in [0.5, 0.6) is 11.5 Å². The summed E-state index contributed by atoms with van der Waals surface area (Å²) in [7, 11) is 1.40. The molecule has 0 unspecified atom stereocenters. The fraction of sp³-hybridized carbons (Fsp3) is 0.0741. The lowest BCUT2D eigenvalue weighted by molar-refractivity contribution is -0.385. The van der Waals surface area contributed by atoms with E-state index in [9.17, 15) is 19.7 Å². The highest BCUT2D eigenvalue weighted by molar-refractivity contribution is 6.01. The summed E-state index contributed by atoms with van der Waals surface area (Å²) in [4.78, 5) is 35.7. The van der Waals surface area contributed by atoms with Gasteiger partial charge in [-0.25, -0.2) is 10.2 Å². The van der Waals surface area contributed by atoms with Crippen LogP contribution >= 0.6 is 0 Å². The minimum atomic E-state index is -0.890. The number of para-hydroxylation sites is 1. The number of hydrazone groups is 1. The van der Waals surface area contributed by atoms with E-state index in [0.717, 1.165) is 5.69 Å². The number of nitrogens with one attached hydrogen (secondary N) is 1. The highest BCUT2D eigenvalue weighted by atomic mass is 16.6. The molecule has 1 aromatic heterocycles. The molecule has 0 bridgehead atoms. The standard InChI is InChI=1S/C27H22N4O6/c1-18(28-29-26(32)19-9-12-21(13-10-19)30-15-5-6-16-30)20-11-14-24(25(17-20)36-2)37-27(33)22-7-3-4-8-23(22)31(34)35/h3-17H,1-2H3,(H,29,32)/b28-18+. The minimum Gasteiger partial charge on any atom is -0.493 e. The lowest BCUT2D eigenvalue weighted by Gasteiger charge is -2.11. The Labute approximate surface area is 211 Å². The number of carbonyl (C=O) groups excluding carboxylic acids is 2. The van der Waals surface area contributed by atoms with Crippen molar-refractivity contribution >= 4 is 23.3 Å².